The Balaban J connectivity index is 1.76. The van der Waals surface area contributed by atoms with E-state index >= 15 is 0 Å². The average Bonchev–Trinajstić information content (AvgIpc) is 2.90. The number of nitrogens with zero attached hydrogens (tertiary/aromatic N) is 3. The molecule has 0 spiro atoms. The van der Waals surface area contributed by atoms with Crippen LogP contribution in [-0.4, -0.2) is 65.4 Å². The van der Waals surface area contributed by atoms with Crippen LogP contribution in [0.15, 0.2) is 11.5 Å². The summed E-state index contributed by atoms with van der Waals surface area (Å²) < 4.78 is 0. The number of hydrogen-bond acceptors (Lipinski definition) is 5. The van der Waals surface area contributed by atoms with Gasteiger partial charge < -0.3 is 10.2 Å². The standard InChI is InChI=1S/C16H24N4O2S/c1-12(2)17-15(21)10-19-6-8-20(9-7-19)16(22)5-4-14-11-23-13(3)18-14/h4-5,11-12H,6-10H2,1-3H3,(H,17,21)/b5-4+. The van der Waals surface area contributed by atoms with Crippen molar-refractivity contribution in [1.29, 1.82) is 0 Å². The van der Waals surface area contributed by atoms with E-state index in [0.717, 1.165) is 23.8 Å². The molecule has 2 rings (SSSR count). The van der Waals surface area contributed by atoms with E-state index in [0.29, 0.717) is 19.6 Å². The fraction of sp³-hybridized carbons (Fsp3) is 0.562. The van der Waals surface area contributed by atoms with Gasteiger partial charge in [0.2, 0.25) is 11.8 Å². The minimum Gasteiger partial charge on any atom is -0.353 e. The largest absolute Gasteiger partial charge is 0.353 e. The van der Waals surface area contributed by atoms with Crippen LogP contribution in [0.25, 0.3) is 6.08 Å². The number of thiazole rings is 1. The molecule has 6 nitrogen and oxygen atoms in total. The van der Waals surface area contributed by atoms with Crippen LogP contribution in [0.1, 0.15) is 24.5 Å². The molecule has 0 radical (unpaired) electrons. The summed E-state index contributed by atoms with van der Waals surface area (Å²) in [6.45, 7) is 8.98. The number of amides is 2. The summed E-state index contributed by atoms with van der Waals surface area (Å²) in [7, 11) is 0. The summed E-state index contributed by atoms with van der Waals surface area (Å²) in [6, 6.07) is 0.157. The van der Waals surface area contributed by atoms with Gasteiger partial charge in [0.05, 0.1) is 17.2 Å². The van der Waals surface area contributed by atoms with Crippen molar-refractivity contribution in [2.75, 3.05) is 32.7 Å². The second-order valence-corrected chi connectivity index (χ2v) is 7.01. The third-order valence-electron chi connectivity index (χ3n) is 3.53. The number of carbonyl (C=O) groups excluding carboxylic acids is 2. The number of hydrogen-bond donors (Lipinski definition) is 1. The average molecular weight is 336 g/mol. The molecule has 1 saturated heterocycles. The number of aryl methyl sites for hydroxylation is 1. The van der Waals surface area contributed by atoms with Crippen LogP contribution in [0, 0.1) is 6.92 Å². The maximum Gasteiger partial charge on any atom is 0.246 e. The molecule has 0 bridgehead atoms. The van der Waals surface area contributed by atoms with Gasteiger partial charge in [0.25, 0.3) is 0 Å². The minimum atomic E-state index is 0.00179. The van der Waals surface area contributed by atoms with Crippen LogP contribution in [0.3, 0.4) is 0 Å². The fourth-order valence-electron chi connectivity index (χ4n) is 2.42. The van der Waals surface area contributed by atoms with Gasteiger partial charge in [0.1, 0.15) is 0 Å². The highest BCUT2D eigenvalue weighted by Gasteiger charge is 2.21. The van der Waals surface area contributed by atoms with Gasteiger partial charge in [0, 0.05) is 43.7 Å². The molecule has 0 atom stereocenters. The fourth-order valence-corrected chi connectivity index (χ4v) is 3.00. The van der Waals surface area contributed by atoms with E-state index in [4.69, 9.17) is 0 Å². The number of rotatable bonds is 5. The highest BCUT2D eigenvalue weighted by molar-refractivity contribution is 7.09. The second-order valence-electron chi connectivity index (χ2n) is 5.95. The first-order chi connectivity index (χ1) is 10.9. The quantitative estimate of drug-likeness (QED) is 0.819. The topological polar surface area (TPSA) is 65.5 Å². The number of carbonyl (C=O) groups is 2. The van der Waals surface area contributed by atoms with Crippen molar-refractivity contribution in [3.8, 4) is 0 Å². The highest BCUT2D eigenvalue weighted by atomic mass is 32.1. The lowest BCUT2D eigenvalue weighted by atomic mass is 10.3. The Bertz CT molecular complexity index is 574. The molecule has 1 aromatic heterocycles. The summed E-state index contributed by atoms with van der Waals surface area (Å²) in [6.07, 6.45) is 3.34. The van der Waals surface area contributed by atoms with E-state index in [1.54, 1.807) is 23.5 Å². The Morgan fingerprint density at radius 2 is 2.04 bits per heavy atom. The smallest absolute Gasteiger partial charge is 0.246 e. The molecule has 23 heavy (non-hydrogen) atoms. The van der Waals surface area contributed by atoms with Crippen molar-refractivity contribution in [1.82, 2.24) is 20.1 Å². The van der Waals surface area contributed by atoms with Gasteiger partial charge in [-0.2, -0.15) is 0 Å². The lowest BCUT2D eigenvalue weighted by Crippen LogP contribution is -2.51. The van der Waals surface area contributed by atoms with E-state index in [-0.39, 0.29) is 17.9 Å². The summed E-state index contributed by atoms with van der Waals surface area (Å²) >= 11 is 1.57. The Labute approximate surface area is 141 Å². The van der Waals surface area contributed by atoms with Crippen LogP contribution in [0.4, 0.5) is 0 Å². The SMILES string of the molecule is Cc1nc(/C=C/C(=O)N2CCN(CC(=O)NC(C)C)CC2)cs1. The third kappa shape index (κ3) is 5.76. The van der Waals surface area contributed by atoms with E-state index in [2.05, 4.69) is 15.2 Å². The van der Waals surface area contributed by atoms with Crippen molar-refractivity contribution in [2.45, 2.75) is 26.8 Å². The van der Waals surface area contributed by atoms with Gasteiger partial charge in [-0.15, -0.1) is 11.3 Å². The molecule has 0 aromatic carbocycles. The van der Waals surface area contributed by atoms with Crippen LogP contribution < -0.4 is 5.32 Å². The maximum atomic E-state index is 12.2. The molecular weight excluding hydrogens is 312 g/mol. The molecule has 1 aromatic rings. The van der Waals surface area contributed by atoms with Gasteiger partial charge in [0.15, 0.2) is 0 Å². The van der Waals surface area contributed by atoms with Crippen molar-refractivity contribution >= 4 is 29.2 Å². The first-order valence-corrected chi connectivity index (χ1v) is 8.73. The molecule has 2 heterocycles. The van der Waals surface area contributed by atoms with Gasteiger partial charge >= 0.3 is 0 Å². The summed E-state index contributed by atoms with van der Waals surface area (Å²) in [5.74, 6) is 0.0421. The second kappa shape index (κ2) is 8.21. The molecule has 0 unspecified atom stereocenters. The normalized spacial score (nSPS) is 16.3. The van der Waals surface area contributed by atoms with Crippen molar-refractivity contribution < 1.29 is 9.59 Å². The van der Waals surface area contributed by atoms with Crippen LogP contribution in [-0.2, 0) is 9.59 Å². The lowest BCUT2D eigenvalue weighted by molar-refractivity contribution is -0.128. The first-order valence-electron chi connectivity index (χ1n) is 7.85. The van der Waals surface area contributed by atoms with Crippen molar-refractivity contribution in [3.05, 3.63) is 22.2 Å². The molecule has 2 amide bonds. The first kappa shape index (κ1) is 17.6. The van der Waals surface area contributed by atoms with E-state index in [1.165, 1.54) is 0 Å². The Morgan fingerprint density at radius 3 is 2.61 bits per heavy atom. The molecular formula is C16H24N4O2S. The number of aromatic nitrogens is 1. The molecule has 0 saturated carbocycles. The highest BCUT2D eigenvalue weighted by Crippen LogP contribution is 2.10. The van der Waals surface area contributed by atoms with Crippen LogP contribution in [0.5, 0.6) is 0 Å². The van der Waals surface area contributed by atoms with Gasteiger partial charge in [-0.25, -0.2) is 4.98 Å². The Morgan fingerprint density at radius 1 is 1.35 bits per heavy atom. The predicted octanol–water partition coefficient (Wildman–Crippen LogP) is 1.13. The monoisotopic (exact) mass is 336 g/mol. The molecule has 1 aliphatic heterocycles. The Hall–Kier alpha value is -1.73. The zero-order chi connectivity index (χ0) is 16.8. The van der Waals surface area contributed by atoms with Gasteiger partial charge in [-0.3, -0.25) is 14.5 Å². The van der Waals surface area contributed by atoms with E-state index < -0.39 is 0 Å². The van der Waals surface area contributed by atoms with Crippen molar-refractivity contribution in [3.63, 3.8) is 0 Å². The summed E-state index contributed by atoms with van der Waals surface area (Å²) in [5, 5.41) is 5.81. The van der Waals surface area contributed by atoms with Gasteiger partial charge in [-0.05, 0) is 26.8 Å². The van der Waals surface area contributed by atoms with Crippen LogP contribution >= 0.6 is 11.3 Å². The molecule has 1 N–H and O–H groups in total. The number of nitrogens with one attached hydrogen (secondary N) is 1. The molecule has 1 fully saturated rings. The Kier molecular flexibility index (Phi) is 6.29. The maximum absolute atomic E-state index is 12.2. The molecule has 7 heteroatoms. The molecule has 1 aliphatic rings. The minimum absolute atomic E-state index is 0.00179. The predicted molar refractivity (Wildman–Crippen MR) is 92.2 cm³/mol. The zero-order valence-corrected chi connectivity index (χ0v) is 14.7. The van der Waals surface area contributed by atoms with Crippen molar-refractivity contribution in [2.24, 2.45) is 0 Å². The summed E-state index contributed by atoms with van der Waals surface area (Å²) in [5.41, 5.74) is 0.824. The number of piperazine rings is 1. The molecule has 126 valence electrons. The molecule has 0 aliphatic carbocycles. The van der Waals surface area contributed by atoms with Crippen LogP contribution in [0.2, 0.25) is 0 Å². The zero-order valence-electron chi connectivity index (χ0n) is 13.9. The van der Waals surface area contributed by atoms with E-state index in [1.807, 2.05) is 31.1 Å². The van der Waals surface area contributed by atoms with Gasteiger partial charge in [-0.1, -0.05) is 0 Å². The van der Waals surface area contributed by atoms with E-state index in [9.17, 15) is 9.59 Å². The summed E-state index contributed by atoms with van der Waals surface area (Å²) in [4.78, 5) is 32.1. The third-order valence-corrected chi connectivity index (χ3v) is 4.33. The lowest BCUT2D eigenvalue weighted by Gasteiger charge is -2.33.